The average molecular weight is 430 g/mol. The minimum absolute atomic E-state index is 0.303. The molecule has 3 aromatic heterocycles. The van der Waals surface area contributed by atoms with E-state index in [1.165, 1.54) is 39.2 Å². The van der Waals surface area contributed by atoms with Crippen molar-refractivity contribution >= 4 is 5.97 Å². The molecule has 2 bridgehead atoms. The SMILES string of the molecule is COC(=O)c1cc2c(-c3cccc(-c4ccccn4)n3)nc1CCCCCCCCCC2. The van der Waals surface area contributed by atoms with E-state index in [2.05, 4.69) is 4.98 Å². The number of hydrogen-bond donors (Lipinski definition) is 0. The van der Waals surface area contributed by atoms with Crippen LogP contribution in [0.2, 0.25) is 0 Å². The first-order valence-corrected chi connectivity index (χ1v) is 11.8. The Morgan fingerprint density at radius 1 is 0.781 bits per heavy atom. The molecule has 32 heavy (non-hydrogen) atoms. The summed E-state index contributed by atoms with van der Waals surface area (Å²) in [7, 11) is 1.44. The monoisotopic (exact) mass is 429 g/mol. The summed E-state index contributed by atoms with van der Waals surface area (Å²) in [6.45, 7) is 0. The van der Waals surface area contributed by atoms with Crippen LogP contribution in [0.5, 0.6) is 0 Å². The summed E-state index contributed by atoms with van der Waals surface area (Å²) in [5.41, 5.74) is 5.85. The summed E-state index contributed by atoms with van der Waals surface area (Å²) < 4.78 is 5.09. The molecule has 0 saturated carbocycles. The fourth-order valence-corrected chi connectivity index (χ4v) is 4.37. The van der Waals surface area contributed by atoms with Gasteiger partial charge in [-0.2, -0.15) is 0 Å². The number of rotatable bonds is 3. The molecule has 0 saturated heterocycles. The predicted octanol–water partition coefficient (Wildman–Crippen LogP) is 6.21. The first-order chi connectivity index (χ1) is 15.8. The Hall–Kier alpha value is -3.08. The van der Waals surface area contributed by atoms with E-state index >= 15 is 0 Å². The largest absolute Gasteiger partial charge is 0.465 e. The Bertz CT molecular complexity index is 1050. The highest BCUT2D eigenvalue weighted by Gasteiger charge is 2.20. The van der Waals surface area contributed by atoms with Crippen LogP contribution >= 0.6 is 0 Å². The van der Waals surface area contributed by atoms with E-state index < -0.39 is 0 Å². The van der Waals surface area contributed by atoms with Crippen molar-refractivity contribution in [3.63, 3.8) is 0 Å². The lowest BCUT2D eigenvalue weighted by Crippen LogP contribution is -2.11. The number of aromatic nitrogens is 3. The second kappa shape index (κ2) is 11.0. The lowest BCUT2D eigenvalue weighted by Gasteiger charge is -2.16. The maximum absolute atomic E-state index is 12.6. The molecule has 0 atom stereocenters. The molecule has 2 aliphatic rings. The van der Waals surface area contributed by atoms with E-state index in [0.717, 1.165) is 66.1 Å². The van der Waals surface area contributed by atoms with Crippen molar-refractivity contribution in [1.29, 1.82) is 0 Å². The zero-order valence-electron chi connectivity index (χ0n) is 18.8. The average Bonchev–Trinajstić information content (AvgIpc) is 2.85. The molecule has 0 fully saturated rings. The Morgan fingerprint density at radius 3 is 2.19 bits per heavy atom. The van der Waals surface area contributed by atoms with E-state index in [0.29, 0.717) is 5.56 Å². The van der Waals surface area contributed by atoms with Gasteiger partial charge in [0.2, 0.25) is 0 Å². The molecule has 5 heteroatoms. The molecule has 0 unspecified atom stereocenters. The van der Waals surface area contributed by atoms with Crippen molar-refractivity contribution in [3.8, 4) is 22.8 Å². The first-order valence-electron chi connectivity index (χ1n) is 11.8. The fraction of sp³-hybridized carbons (Fsp3) is 0.407. The number of hydrogen-bond acceptors (Lipinski definition) is 5. The van der Waals surface area contributed by atoms with Gasteiger partial charge in [0.15, 0.2) is 0 Å². The number of pyridine rings is 3. The molecular weight excluding hydrogens is 398 g/mol. The lowest BCUT2D eigenvalue weighted by molar-refractivity contribution is 0.0598. The van der Waals surface area contributed by atoms with Crippen molar-refractivity contribution in [2.45, 2.75) is 64.2 Å². The Morgan fingerprint density at radius 2 is 1.47 bits per heavy atom. The van der Waals surface area contributed by atoms with Crippen LogP contribution in [0.15, 0.2) is 48.7 Å². The van der Waals surface area contributed by atoms with Crippen LogP contribution in [0.1, 0.15) is 73.0 Å². The zero-order chi connectivity index (χ0) is 22.2. The Kier molecular flexibility index (Phi) is 7.59. The number of methoxy groups -OCH3 is 1. The van der Waals surface area contributed by atoms with Gasteiger partial charge in [-0.1, -0.05) is 50.7 Å². The number of ether oxygens (including phenoxy) is 1. The van der Waals surface area contributed by atoms with Gasteiger partial charge >= 0.3 is 5.97 Å². The van der Waals surface area contributed by atoms with Crippen molar-refractivity contribution < 1.29 is 9.53 Å². The molecule has 0 amide bonds. The van der Waals surface area contributed by atoms with Gasteiger partial charge in [0, 0.05) is 6.20 Å². The van der Waals surface area contributed by atoms with E-state index in [9.17, 15) is 4.79 Å². The summed E-state index contributed by atoms with van der Waals surface area (Å²) in [5.74, 6) is -0.303. The van der Waals surface area contributed by atoms with Gasteiger partial charge in [0.1, 0.15) is 0 Å². The third-order valence-electron chi connectivity index (χ3n) is 6.11. The van der Waals surface area contributed by atoms with Crippen LogP contribution in [0.25, 0.3) is 22.8 Å². The molecule has 166 valence electrons. The first kappa shape index (κ1) is 22.1. The molecule has 3 aromatic rings. The van der Waals surface area contributed by atoms with Gasteiger partial charge in [-0.15, -0.1) is 0 Å². The number of fused-ring (bicyclic) bond motifs is 11. The van der Waals surface area contributed by atoms with Crippen LogP contribution in [0.3, 0.4) is 0 Å². The van der Waals surface area contributed by atoms with Gasteiger partial charge in [0.05, 0.1) is 41.1 Å². The molecule has 0 aromatic carbocycles. The Labute approximate surface area is 190 Å². The molecule has 5 rings (SSSR count). The predicted molar refractivity (Wildman–Crippen MR) is 126 cm³/mol. The zero-order valence-corrected chi connectivity index (χ0v) is 18.8. The molecule has 0 radical (unpaired) electrons. The van der Waals surface area contributed by atoms with Crippen LogP contribution in [0.4, 0.5) is 0 Å². The van der Waals surface area contributed by atoms with Gasteiger partial charge in [-0.25, -0.2) is 9.78 Å². The van der Waals surface area contributed by atoms with Crippen LogP contribution in [0, 0.1) is 0 Å². The van der Waals surface area contributed by atoms with E-state index in [1.807, 2.05) is 42.5 Å². The van der Waals surface area contributed by atoms with Crippen molar-refractivity contribution in [1.82, 2.24) is 15.0 Å². The minimum Gasteiger partial charge on any atom is -0.465 e. The third kappa shape index (κ3) is 5.39. The van der Waals surface area contributed by atoms with Gasteiger partial charge in [-0.05, 0) is 61.6 Å². The van der Waals surface area contributed by atoms with E-state index in [-0.39, 0.29) is 5.97 Å². The van der Waals surface area contributed by atoms with E-state index in [4.69, 9.17) is 14.7 Å². The molecule has 0 N–H and O–H groups in total. The van der Waals surface area contributed by atoms with Gasteiger partial charge < -0.3 is 4.74 Å². The quantitative estimate of drug-likeness (QED) is 0.463. The van der Waals surface area contributed by atoms with Crippen molar-refractivity contribution in [2.75, 3.05) is 7.11 Å². The molecule has 0 spiro atoms. The van der Waals surface area contributed by atoms with Crippen molar-refractivity contribution in [2.24, 2.45) is 0 Å². The normalized spacial score (nSPS) is 15.2. The minimum atomic E-state index is -0.303. The molecule has 4 heterocycles. The second-order valence-electron chi connectivity index (χ2n) is 8.43. The summed E-state index contributed by atoms with van der Waals surface area (Å²) in [4.78, 5) is 26.9. The summed E-state index contributed by atoms with van der Waals surface area (Å²) >= 11 is 0. The molecule has 1 aliphatic carbocycles. The number of carbonyl (C=O) groups excluding carboxylic acids is 1. The number of carbonyl (C=O) groups is 1. The van der Waals surface area contributed by atoms with Gasteiger partial charge in [-0.3, -0.25) is 9.97 Å². The van der Waals surface area contributed by atoms with Crippen LogP contribution in [-0.2, 0) is 17.6 Å². The maximum Gasteiger partial charge on any atom is 0.339 e. The highest BCUT2D eigenvalue weighted by Crippen LogP contribution is 2.28. The summed E-state index contributed by atoms with van der Waals surface area (Å²) in [6.07, 6.45) is 13.0. The third-order valence-corrected chi connectivity index (χ3v) is 6.11. The standard InChI is InChI=1S/C27H31N3O2/c1-32-27(31)21-19-20-13-8-6-4-2-3-5-7-9-14-22(21)30-26(20)25-17-12-16-24(29-25)23-15-10-11-18-28-23/h10-12,15-19H,2-9,13-14H2,1H3. The van der Waals surface area contributed by atoms with E-state index in [1.54, 1.807) is 6.20 Å². The highest BCUT2D eigenvalue weighted by molar-refractivity contribution is 5.91. The Balaban J connectivity index is 1.79. The molecular formula is C27H31N3O2. The van der Waals surface area contributed by atoms with Crippen LogP contribution < -0.4 is 0 Å². The highest BCUT2D eigenvalue weighted by atomic mass is 16.5. The maximum atomic E-state index is 12.6. The summed E-state index contributed by atoms with van der Waals surface area (Å²) in [5, 5.41) is 0. The molecule has 5 nitrogen and oxygen atoms in total. The molecule has 1 aliphatic heterocycles. The number of esters is 1. The second-order valence-corrected chi connectivity index (χ2v) is 8.43. The fourth-order valence-electron chi connectivity index (χ4n) is 4.37. The smallest absolute Gasteiger partial charge is 0.339 e. The van der Waals surface area contributed by atoms with Crippen molar-refractivity contribution in [3.05, 3.63) is 65.5 Å². The topological polar surface area (TPSA) is 65.0 Å². The number of nitrogens with zero attached hydrogens (tertiary/aromatic N) is 3. The summed E-state index contributed by atoms with van der Waals surface area (Å²) in [6, 6.07) is 13.8. The number of aryl methyl sites for hydroxylation is 2. The lowest BCUT2D eigenvalue weighted by atomic mass is 9.96. The van der Waals surface area contributed by atoms with Gasteiger partial charge in [0.25, 0.3) is 0 Å². The van der Waals surface area contributed by atoms with Crippen LogP contribution in [-0.4, -0.2) is 28.0 Å².